The van der Waals surface area contributed by atoms with Crippen molar-refractivity contribution >= 4 is 17.8 Å². The van der Waals surface area contributed by atoms with E-state index in [1.54, 1.807) is 12.1 Å². The number of nitrogens with one attached hydrogen (secondary N) is 3. The number of amides is 2. The van der Waals surface area contributed by atoms with Gasteiger partial charge in [-0.15, -0.1) is 0 Å². The van der Waals surface area contributed by atoms with Crippen LogP contribution in [0.4, 0.5) is 4.79 Å². The molecule has 4 aromatic carbocycles. The second-order valence-corrected chi connectivity index (χ2v) is 13.1. The van der Waals surface area contributed by atoms with Gasteiger partial charge < -0.3 is 25.8 Å². The first kappa shape index (κ1) is 36.8. The van der Waals surface area contributed by atoms with Crippen molar-refractivity contribution in [3.63, 3.8) is 0 Å². The number of carbonyl (C=O) groups is 3. The van der Waals surface area contributed by atoms with Gasteiger partial charge >= 0.3 is 6.09 Å². The molecular formula is C40H48N4O5. The summed E-state index contributed by atoms with van der Waals surface area (Å²) in [5.74, 6) is 0.373. The van der Waals surface area contributed by atoms with E-state index in [9.17, 15) is 14.4 Å². The zero-order valence-electron chi connectivity index (χ0n) is 28.8. The molecule has 0 spiro atoms. The molecule has 0 fully saturated rings. The number of nitrogens with two attached hydrogens (primary N) is 1. The van der Waals surface area contributed by atoms with Gasteiger partial charge in [-0.2, -0.15) is 0 Å². The van der Waals surface area contributed by atoms with Gasteiger partial charge in [-0.1, -0.05) is 84.9 Å². The number of Topliss-reactive ketones (excluding diaryl/α,β-unsaturated/α-hetero) is 1. The fourth-order valence-corrected chi connectivity index (χ4v) is 5.29. The fraction of sp³-hybridized carbons (Fsp3) is 0.325. The van der Waals surface area contributed by atoms with Crippen LogP contribution in [0.2, 0.25) is 0 Å². The summed E-state index contributed by atoms with van der Waals surface area (Å²) in [4.78, 5) is 39.3. The lowest BCUT2D eigenvalue weighted by molar-refractivity contribution is -0.124. The first-order valence-electron chi connectivity index (χ1n) is 16.7. The molecule has 9 heteroatoms. The van der Waals surface area contributed by atoms with Crippen molar-refractivity contribution in [2.45, 2.75) is 70.8 Å². The molecule has 2 amide bonds. The molecule has 258 valence electrons. The van der Waals surface area contributed by atoms with Crippen LogP contribution in [0.25, 0.3) is 0 Å². The van der Waals surface area contributed by atoms with Crippen molar-refractivity contribution in [2.24, 2.45) is 5.73 Å². The summed E-state index contributed by atoms with van der Waals surface area (Å²) in [6, 6.07) is 33.5. The Labute approximate surface area is 289 Å². The van der Waals surface area contributed by atoms with Crippen LogP contribution < -0.4 is 26.4 Å². The van der Waals surface area contributed by atoms with E-state index in [0.29, 0.717) is 25.1 Å². The Morgan fingerprint density at radius 1 is 0.755 bits per heavy atom. The summed E-state index contributed by atoms with van der Waals surface area (Å²) in [5, 5.41) is 9.26. The highest BCUT2D eigenvalue weighted by atomic mass is 16.6. The zero-order valence-corrected chi connectivity index (χ0v) is 28.8. The third kappa shape index (κ3) is 12.2. The Morgan fingerprint density at radius 3 is 1.96 bits per heavy atom. The molecule has 0 radical (unpaired) electrons. The molecule has 4 aromatic rings. The molecule has 0 bridgehead atoms. The number of ketones is 1. The van der Waals surface area contributed by atoms with Crippen molar-refractivity contribution in [3.05, 3.63) is 137 Å². The molecule has 0 aliphatic heterocycles. The predicted molar refractivity (Wildman–Crippen MR) is 192 cm³/mol. The number of benzene rings is 4. The third-order valence-electron chi connectivity index (χ3n) is 7.80. The van der Waals surface area contributed by atoms with Gasteiger partial charge in [-0.3, -0.25) is 14.9 Å². The number of rotatable bonds is 16. The summed E-state index contributed by atoms with van der Waals surface area (Å²) in [6.45, 7) is 8.48. The molecule has 9 nitrogen and oxygen atoms in total. The lowest BCUT2D eigenvalue weighted by atomic mass is 9.91. The lowest BCUT2D eigenvalue weighted by Crippen LogP contribution is -2.64. The van der Waals surface area contributed by atoms with E-state index in [1.807, 2.05) is 125 Å². The smallest absolute Gasteiger partial charge is 0.407 e. The summed E-state index contributed by atoms with van der Waals surface area (Å²) in [5.41, 5.74) is 9.08. The van der Waals surface area contributed by atoms with Crippen molar-refractivity contribution in [2.75, 3.05) is 13.2 Å². The van der Waals surface area contributed by atoms with Gasteiger partial charge in [-0.05, 0) is 80.6 Å². The van der Waals surface area contributed by atoms with Gasteiger partial charge in [0, 0.05) is 37.5 Å². The molecule has 49 heavy (non-hydrogen) atoms. The fourth-order valence-electron chi connectivity index (χ4n) is 5.29. The van der Waals surface area contributed by atoms with E-state index in [0.717, 1.165) is 28.0 Å². The summed E-state index contributed by atoms with van der Waals surface area (Å²) < 4.78 is 10.9. The quantitative estimate of drug-likeness (QED) is 0.112. The van der Waals surface area contributed by atoms with Crippen molar-refractivity contribution in [1.82, 2.24) is 16.0 Å². The van der Waals surface area contributed by atoms with Gasteiger partial charge in [0.1, 0.15) is 17.0 Å². The molecule has 0 aliphatic rings. The Kier molecular flexibility index (Phi) is 13.1. The normalized spacial score (nSPS) is 13.1. The van der Waals surface area contributed by atoms with Crippen LogP contribution in [0.15, 0.2) is 109 Å². The Hall–Kier alpha value is -4.99. The van der Waals surface area contributed by atoms with Gasteiger partial charge in [0.05, 0.1) is 6.61 Å². The number of carbonyl (C=O) groups excluding carboxylic acids is 3. The van der Waals surface area contributed by atoms with Gasteiger partial charge in [0.2, 0.25) is 0 Å². The number of alkyl carbamates (subject to hydrolysis) is 1. The van der Waals surface area contributed by atoms with Crippen molar-refractivity contribution in [3.8, 4) is 5.75 Å². The molecule has 0 aromatic heterocycles. The monoisotopic (exact) mass is 664 g/mol. The maximum Gasteiger partial charge on any atom is 0.407 e. The lowest BCUT2D eigenvalue weighted by Gasteiger charge is -2.32. The highest BCUT2D eigenvalue weighted by molar-refractivity contribution is 5.94. The van der Waals surface area contributed by atoms with Crippen molar-refractivity contribution < 1.29 is 23.9 Å². The second-order valence-electron chi connectivity index (χ2n) is 13.1. The molecule has 2 atom stereocenters. The molecule has 0 unspecified atom stereocenters. The first-order valence-corrected chi connectivity index (χ1v) is 16.7. The minimum Gasteiger partial charge on any atom is -0.494 e. The Bertz CT molecular complexity index is 1640. The van der Waals surface area contributed by atoms with E-state index in [1.165, 1.54) is 0 Å². The van der Waals surface area contributed by atoms with E-state index in [4.69, 9.17) is 15.2 Å². The van der Waals surface area contributed by atoms with E-state index in [2.05, 4.69) is 16.0 Å². The second kappa shape index (κ2) is 17.4. The average molecular weight is 665 g/mol. The van der Waals surface area contributed by atoms with Crippen LogP contribution >= 0.6 is 0 Å². The topological polar surface area (TPSA) is 132 Å². The van der Waals surface area contributed by atoms with Crippen molar-refractivity contribution in [1.29, 1.82) is 0 Å². The zero-order chi connectivity index (χ0) is 35.3. The minimum atomic E-state index is -1.42. The largest absolute Gasteiger partial charge is 0.494 e. The van der Waals surface area contributed by atoms with E-state index >= 15 is 0 Å². The molecular weight excluding hydrogens is 616 g/mol. The SMILES string of the molecule is CCOc1ccc(C[C@H](CN[C@@](N)(Cc2ccccc2)C(=O)Cc2ccc(CNC(=O)OC(C)(C)C)cc2)NC(=O)c2ccccc2)cc1. The average Bonchev–Trinajstić information content (AvgIpc) is 3.08. The van der Waals surface area contributed by atoms with E-state index < -0.39 is 17.4 Å². The predicted octanol–water partition coefficient (Wildman–Crippen LogP) is 5.75. The highest BCUT2D eigenvalue weighted by Gasteiger charge is 2.34. The standard InChI is InChI=1S/C40H48N4O5/c1-5-48-35-22-20-29(21-23-35)24-34(44-37(46)33-14-10-7-11-15-33)28-43-40(41,26-31-12-8-6-9-13-31)36(45)25-30-16-18-32(19-17-30)27-42-38(47)49-39(2,3)4/h6-23,34,43H,5,24-28,41H2,1-4H3,(H,42,47)(H,44,46)/t34-,40+/m1/s1. The van der Waals surface area contributed by atoms with Crippen LogP contribution in [0.1, 0.15) is 60.3 Å². The van der Waals surface area contributed by atoms with Crippen LogP contribution in [-0.2, 0) is 35.3 Å². The minimum absolute atomic E-state index is 0.0933. The first-order chi connectivity index (χ1) is 23.4. The van der Waals surface area contributed by atoms with Crippen LogP contribution in [-0.4, -0.2) is 48.2 Å². The van der Waals surface area contributed by atoms with Gasteiger partial charge in [0.15, 0.2) is 5.78 Å². The highest BCUT2D eigenvalue weighted by Crippen LogP contribution is 2.17. The maximum absolute atomic E-state index is 14.0. The van der Waals surface area contributed by atoms with Crippen LogP contribution in [0, 0.1) is 0 Å². The third-order valence-corrected chi connectivity index (χ3v) is 7.80. The molecule has 0 saturated carbocycles. The molecule has 0 saturated heterocycles. The summed E-state index contributed by atoms with van der Waals surface area (Å²) in [6.07, 6.45) is 0.363. The van der Waals surface area contributed by atoms with Crippen LogP contribution in [0.5, 0.6) is 5.75 Å². The van der Waals surface area contributed by atoms with Gasteiger partial charge in [0.25, 0.3) is 5.91 Å². The summed E-state index contributed by atoms with van der Waals surface area (Å²) in [7, 11) is 0. The van der Waals surface area contributed by atoms with Crippen LogP contribution in [0.3, 0.4) is 0 Å². The maximum atomic E-state index is 14.0. The van der Waals surface area contributed by atoms with Gasteiger partial charge in [-0.25, -0.2) is 4.79 Å². The molecule has 5 N–H and O–H groups in total. The summed E-state index contributed by atoms with van der Waals surface area (Å²) >= 11 is 0. The number of hydrogen-bond acceptors (Lipinski definition) is 7. The molecule has 0 aliphatic carbocycles. The number of ether oxygens (including phenoxy) is 2. The molecule has 4 rings (SSSR count). The van der Waals surface area contributed by atoms with E-state index in [-0.39, 0.29) is 37.1 Å². The Morgan fingerprint density at radius 2 is 1.35 bits per heavy atom. The molecule has 0 heterocycles. The number of hydrogen-bond donors (Lipinski definition) is 4. The Balaban J connectivity index is 1.49.